The number of carbonyl (C=O) groups excluding carboxylic acids is 1. The number of amides is 1. The van der Waals surface area contributed by atoms with Gasteiger partial charge in [0.1, 0.15) is 6.33 Å². The molecule has 0 aliphatic carbocycles. The fourth-order valence-electron chi connectivity index (χ4n) is 1.13. The Balaban J connectivity index is 1.77. The van der Waals surface area contributed by atoms with Crippen molar-refractivity contribution in [2.45, 2.75) is 6.42 Å². The first-order chi connectivity index (χ1) is 7.36. The molecule has 2 aromatic rings. The van der Waals surface area contributed by atoms with Gasteiger partial charge in [-0.1, -0.05) is 0 Å². The average molecular weight is 206 g/mol. The van der Waals surface area contributed by atoms with Crippen LogP contribution in [0.3, 0.4) is 0 Å². The van der Waals surface area contributed by atoms with Gasteiger partial charge in [0.2, 0.25) is 5.82 Å². The summed E-state index contributed by atoms with van der Waals surface area (Å²) in [6.07, 6.45) is 5.33. The summed E-state index contributed by atoms with van der Waals surface area (Å²) >= 11 is 0. The van der Waals surface area contributed by atoms with Crippen LogP contribution in [0.1, 0.15) is 16.3 Å². The fraction of sp³-hybridized carbons (Fsp3) is 0.250. The number of imidazole rings is 1. The maximum Gasteiger partial charge on any atom is 0.288 e. The van der Waals surface area contributed by atoms with E-state index in [-0.39, 0.29) is 11.7 Å². The van der Waals surface area contributed by atoms with Crippen LogP contribution in [0, 0.1) is 0 Å². The van der Waals surface area contributed by atoms with Gasteiger partial charge in [-0.15, -0.1) is 0 Å². The summed E-state index contributed by atoms with van der Waals surface area (Å²) in [7, 11) is 0. The van der Waals surface area contributed by atoms with Crippen LogP contribution >= 0.6 is 0 Å². The molecule has 2 heterocycles. The molecular formula is C8H10N6O. The standard InChI is InChI=1S/C8H10N6O/c15-8(7-12-5-13-14-7)10-2-1-6-3-9-4-11-6/h3-5H,1-2H2,(H,9,11)(H,10,15)(H,12,13,14). The molecule has 7 nitrogen and oxygen atoms in total. The van der Waals surface area contributed by atoms with Gasteiger partial charge in [-0.2, -0.15) is 5.10 Å². The molecule has 0 unspecified atom stereocenters. The first-order valence-corrected chi connectivity index (χ1v) is 4.47. The van der Waals surface area contributed by atoms with Crippen LogP contribution in [-0.2, 0) is 6.42 Å². The van der Waals surface area contributed by atoms with Gasteiger partial charge in [0.05, 0.1) is 6.33 Å². The van der Waals surface area contributed by atoms with Crippen LogP contribution in [0.15, 0.2) is 18.9 Å². The lowest BCUT2D eigenvalue weighted by molar-refractivity contribution is 0.0944. The number of rotatable bonds is 4. The third kappa shape index (κ3) is 2.39. The van der Waals surface area contributed by atoms with Gasteiger partial charge in [-0.05, 0) is 0 Å². The van der Waals surface area contributed by atoms with Gasteiger partial charge in [-0.25, -0.2) is 9.97 Å². The van der Waals surface area contributed by atoms with Crippen molar-refractivity contribution in [3.8, 4) is 0 Å². The Morgan fingerprint density at radius 1 is 1.53 bits per heavy atom. The highest BCUT2D eigenvalue weighted by molar-refractivity contribution is 5.90. The second kappa shape index (κ2) is 4.36. The van der Waals surface area contributed by atoms with Crippen LogP contribution < -0.4 is 5.32 Å². The van der Waals surface area contributed by atoms with Crippen LogP contribution in [0.25, 0.3) is 0 Å². The molecule has 3 N–H and O–H groups in total. The molecule has 15 heavy (non-hydrogen) atoms. The number of aromatic nitrogens is 5. The van der Waals surface area contributed by atoms with E-state index in [1.165, 1.54) is 6.33 Å². The lowest BCUT2D eigenvalue weighted by Gasteiger charge is -2.00. The zero-order valence-corrected chi connectivity index (χ0v) is 7.90. The second-order valence-electron chi connectivity index (χ2n) is 2.92. The topological polar surface area (TPSA) is 99.3 Å². The summed E-state index contributed by atoms with van der Waals surface area (Å²) in [6.45, 7) is 0.529. The van der Waals surface area contributed by atoms with Gasteiger partial charge < -0.3 is 10.3 Å². The molecule has 7 heteroatoms. The third-order valence-corrected chi connectivity index (χ3v) is 1.86. The Labute approximate surface area is 85.3 Å². The van der Waals surface area contributed by atoms with Crippen molar-refractivity contribution in [1.82, 2.24) is 30.5 Å². The highest BCUT2D eigenvalue weighted by Crippen LogP contribution is 1.91. The minimum Gasteiger partial charge on any atom is -0.349 e. The Hall–Kier alpha value is -2.18. The van der Waals surface area contributed by atoms with Crippen molar-refractivity contribution in [1.29, 1.82) is 0 Å². The first-order valence-electron chi connectivity index (χ1n) is 4.47. The Morgan fingerprint density at radius 3 is 3.13 bits per heavy atom. The first kappa shape index (κ1) is 9.38. The van der Waals surface area contributed by atoms with E-state index in [0.717, 1.165) is 5.69 Å². The van der Waals surface area contributed by atoms with Crippen molar-refractivity contribution in [3.63, 3.8) is 0 Å². The van der Waals surface area contributed by atoms with Crippen LogP contribution in [0.2, 0.25) is 0 Å². The van der Waals surface area contributed by atoms with E-state index in [1.807, 2.05) is 0 Å². The molecule has 0 atom stereocenters. The summed E-state index contributed by atoms with van der Waals surface area (Å²) < 4.78 is 0. The smallest absolute Gasteiger partial charge is 0.288 e. The molecular weight excluding hydrogens is 196 g/mol. The molecule has 2 aromatic heterocycles. The van der Waals surface area contributed by atoms with Gasteiger partial charge in [0, 0.05) is 24.9 Å². The largest absolute Gasteiger partial charge is 0.349 e. The Kier molecular flexibility index (Phi) is 2.72. The maximum atomic E-state index is 11.4. The molecule has 0 bridgehead atoms. The zero-order chi connectivity index (χ0) is 10.5. The van der Waals surface area contributed by atoms with E-state index in [4.69, 9.17) is 0 Å². The van der Waals surface area contributed by atoms with Crippen molar-refractivity contribution >= 4 is 5.91 Å². The molecule has 0 fully saturated rings. The van der Waals surface area contributed by atoms with Crippen LogP contribution in [0.4, 0.5) is 0 Å². The molecule has 0 aliphatic rings. The van der Waals surface area contributed by atoms with E-state index in [1.54, 1.807) is 12.5 Å². The van der Waals surface area contributed by atoms with Gasteiger partial charge in [0.15, 0.2) is 0 Å². The maximum absolute atomic E-state index is 11.4. The summed E-state index contributed by atoms with van der Waals surface area (Å²) in [5.74, 6) is -0.0355. The average Bonchev–Trinajstić information content (AvgIpc) is 2.90. The number of hydrogen-bond acceptors (Lipinski definition) is 4. The minimum absolute atomic E-state index is 0.222. The van der Waals surface area contributed by atoms with E-state index in [2.05, 4.69) is 30.5 Å². The number of nitrogens with one attached hydrogen (secondary N) is 3. The van der Waals surface area contributed by atoms with Gasteiger partial charge in [0.25, 0.3) is 5.91 Å². The van der Waals surface area contributed by atoms with E-state index in [9.17, 15) is 4.79 Å². The normalized spacial score (nSPS) is 10.1. The van der Waals surface area contributed by atoms with Gasteiger partial charge >= 0.3 is 0 Å². The lowest BCUT2D eigenvalue weighted by atomic mass is 10.3. The molecule has 0 aromatic carbocycles. The van der Waals surface area contributed by atoms with E-state index < -0.39 is 0 Å². The summed E-state index contributed by atoms with van der Waals surface area (Å²) in [6, 6.07) is 0. The number of carbonyl (C=O) groups is 1. The lowest BCUT2D eigenvalue weighted by Crippen LogP contribution is -2.26. The van der Waals surface area contributed by atoms with Crippen molar-refractivity contribution in [2.24, 2.45) is 0 Å². The van der Waals surface area contributed by atoms with Gasteiger partial charge in [-0.3, -0.25) is 9.89 Å². The molecule has 0 radical (unpaired) electrons. The van der Waals surface area contributed by atoms with Crippen LogP contribution in [0.5, 0.6) is 0 Å². The second-order valence-corrected chi connectivity index (χ2v) is 2.92. The number of H-pyrrole nitrogens is 2. The molecule has 0 spiro atoms. The molecule has 2 rings (SSSR count). The summed E-state index contributed by atoms with van der Waals surface area (Å²) in [5.41, 5.74) is 0.980. The van der Waals surface area contributed by atoms with Crippen LogP contribution in [-0.4, -0.2) is 37.6 Å². The van der Waals surface area contributed by atoms with E-state index >= 15 is 0 Å². The van der Waals surface area contributed by atoms with Crippen molar-refractivity contribution in [2.75, 3.05) is 6.54 Å². The molecule has 78 valence electrons. The molecule has 0 saturated carbocycles. The number of hydrogen-bond donors (Lipinski definition) is 3. The predicted octanol–water partition coefficient (Wildman–Crippen LogP) is -0.500. The van der Waals surface area contributed by atoms with E-state index in [0.29, 0.717) is 13.0 Å². The quantitative estimate of drug-likeness (QED) is 0.628. The zero-order valence-electron chi connectivity index (χ0n) is 7.90. The Bertz CT molecular complexity index is 406. The number of nitrogens with zero attached hydrogens (tertiary/aromatic N) is 3. The molecule has 0 aliphatic heterocycles. The number of aromatic amines is 2. The monoisotopic (exact) mass is 206 g/mol. The highest BCUT2D eigenvalue weighted by Gasteiger charge is 2.06. The SMILES string of the molecule is O=C(NCCc1cnc[nH]1)c1ncn[nH]1. The minimum atomic E-state index is -0.257. The summed E-state index contributed by atoms with van der Waals surface area (Å²) in [4.78, 5) is 21.9. The molecule has 0 saturated heterocycles. The fourth-order valence-corrected chi connectivity index (χ4v) is 1.13. The Morgan fingerprint density at radius 2 is 2.47 bits per heavy atom. The highest BCUT2D eigenvalue weighted by atomic mass is 16.2. The summed E-state index contributed by atoms with van der Waals surface area (Å²) in [5, 5.41) is 8.78. The molecule has 1 amide bonds. The third-order valence-electron chi connectivity index (χ3n) is 1.86. The predicted molar refractivity (Wildman–Crippen MR) is 51.0 cm³/mol. The van der Waals surface area contributed by atoms with Crippen molar-refractivity contribution < 1.29 is 4.79 Å². The van der Waals surface area contributed by atoms with Crippen molar-refractivity contribution in [3.05, 3.63) is 30.4 Å².